The molecule has 2 aromatic rings. The number of halogens is 1. The van der Waals surface area contributed by atoms with E-state index >= 15 is 0 Å². The second-order valence-corrected chi connectivity index (χ2v) is 5.95. The van der Waals surface area contributed by atoms with Crippen LogP contribution in [0.3, 0.4) is 0 Å². The molecule has 2 rings (SSSR count). The molecule has 23 heavy (non-hydrogen) atoms. The van der Waals surface area contributed by atoms with Crippen molar-refractivity contribution < 1.29 is 9.59 Å². The molecule has 0 fully saturated rings. The number of amides is 2. The van der Waals surface area contributed by atoms with Crippen molar-refractivity contribution in [3.8, 4) is 0 Å². The van der Waals surface area contributed by atoms with E-state index in [-0.39, 0.29) is 30.1 Å². The number of carbonyl (C=O) groups excluding carboxylic acids is 2. The minimum absolute atomic E-state index is 0. The third-order valence-electron chi connectivity index (χ3n) is 2.89. The van der Waals surface area contributed by atoms with Crippen LogP contribution in [0.4, 0.5) is 11.4 Å². The highest BCUT2D eigenvalue weighted by Gasteiger charge is 2.11. The summed E-state index contributed by atoms with van der Waals surface area (Å²) in [6, 6.07) is 6.93. The fourth-order valence-corrected chi connectivity index (χ4v) is 2.28. The number of nitrogens with zero attached hydrogens (tertiary/aromatic N) is 1. The van der Waals surface area contributed by atoms with Crippen molar-refractivity contribution in [3.63, 3.8) is 0 Å². The van der Waals surface area contributed by atoms with E-state index in [9.17, 15) is 9.59 Å². The monoisotopic (exact) mass is 354 g/mol. The van der Waals surface area contributed by atoms with Gasteiger partial charge in [0.05, 0.1) is 0 Å². The molecule has 0 spiro atoms. The molecule has 6 nitrogen and oxygen atoms in total. The lowest BCUT2D eigenvalue weighted by Crippen LogP contribution is -2.17. The summed E-state index contributed by atoms with van der Waals surface area (Å²) in [5.41, 5.74) is 7.15. The van der Waals surface area contributed by atoms with Gasteiger partial charge < -0.3 is 16.4 Å². The van der Waals surface area contributed by atoms with Crippen LogP contribution >= 0.6 is 23.7 Å². The second-order valence-electron chi connectivity index (χ2n) is 5.01. The predicted octanol–water partition coefficient (Wildman–Crippen LogP) is 2.87. The van der Waals surface area contributed by atoms with E-state index in [1.807, 2.05) is 13.8 Å². The molecule has 124 valence electrons. The van der Waals surface area contributed by atoms with Gasteiger partial charge in [-0.15, -0.1) is 23.7 Å². The van der Waals surface area contributed by atoms with Gasteiger partial charge in [-0.2, -0.15) is 0 Å². The zero-order valence-corrected chi connectivity index (χ0v) is 14.5. The number of hydrogen-bond donors (Lipinski definition) is 3. The number of hydrogen-bond acceptors (Lipinski definition) is 5. The summed E-state index contributed by atoms with van der Waals surface area (Å²) in [5, 5.41) is 7.93. The van der Waals surface area contributed by atoms with Crippen LogP contribution in [0.15, 0.2) is 29.6 Å². The highest BCUT2D eigenvalue weighted by Crippen LogP contribution is 2.16. The molecule has 1 heterocycles. The van der Waals surface area contributed by atoms with Crippen LogP contribution in [-0.2, 0) is 11.3 Å². The summed E-state index contributed by atoms with van der Waals surface area (Å²) in [4.78, 5) is 27.7. The third kappa shape index (κ3) is 5.31. The first-order valence-electron chi connectivity index (χ1n) is 6.86. The molecule has 8 heteroatoms. The number of rotatable bonds is 5. The van der Waals surface area contributed by atoms with Crippen LogP contribution in [-0.4, -0.2) is 16.8 Å². The molecule has 0 aliphatic rings. The summed E-state index contributed by atoms with van der Waals surface area (Å²) in [6.45, 7) is 3.98. The standard InChI is InChI=1S/C15H18N4O2S.ClH/c1-9(2)14(20)17-10-3-5-11(6-4-10)18-15(21)12-8-22-13(7-16)19-12;/h3-6,8-9H,7,16H2,1-2H3,(H,17,20)(H,18,21);1H. The molecule has 0 unspecified atom stereocenters. The van der Waals surface area contributed by atoms with Crippen LogP contribution < -0.4 is 16.4 Å². The van der Waals surface area contributed by atoms with Gasteiger partial charge in [0.15, 0.2) is 0 Å². The van der Waals surface area contributed by atoms with E-state index in [2.05, 4.69) is 15.6 Å². The zero-order valence-electron chi connectivity index (χ0n) is 12.8. The largest absolute Gasteiger partial charge is 0.326 e. The molecule has 0 radical (unpaired) electrons. The number of benzene rings is 1. The maximum Gasteiger partial charge on any atom is 0.275 e. The van der Waals surface area contributed by atoms with Crippen LogP contribution in [0.25, 0.3) is 0 Å². The predicted molar refractivity (Wildman–Crippen MR) is 95.1 cm³/mol. The number of nitrogens with one attached hydrogen (secondary N) is 2. The van der Waals surface area contributed by atoms with Gasteiger partial charge in [0, 0.05) is 29.2 Å². The highest BCUT2D eigenvalue weighted by molar-refractivity contribution is 7.09. The molecular formula is C15H19ClN4O2S. The van der Waals surface area contributed by atoms with E-state index in [1.165, 1.54) is 11.3 Å². The minimum atomic E-state index is -0.282. The third-order valence-corrected chi connectivity index (χ3v) is 3.76. The Morgan fingerprint density at radius 3 is 2.22 bits per heavy atom. The van der Waals surface area contributed by atoms with Crippen molar-refractivity contribution >= 4 is 46.9 Å². The molecule has 0 saturated carbocycles. The number of aromatic nitrogens is 1. The van der Waals surface area contributed by atoms with Crippen molar-refractivity contribution in [1.82, 2.24) is 4.98 Å². The van der Waals surface area contributed by atoms with Crippen molar-refractivity contribution in [3.05, 3.63) is 40.3 Å². The van der Waals surface area contributed by atoms with E-state index in [4.69, 9.17) is 5.73 Å². The Morgan fingerprint density at radius 1 is 1.17 bits per heavy atom. The number of anilines is 2. The first-order chi connectivity index (χ1) is 10.5. The Morgan fingerprint density at radius 2 is 1.74 bits per heavy atom. The van der Waals surface area contributed by atoms with Gasteiger partial charge in [0.2, 0.25) is 5.91 Å². The van der Waals surface area contributed by atoms with Crippen LogP contribution in [0.1, 0.15) is 29.3 Å². The molecular weight excluding hydrogens is 336 g/mol. The molecule has 0 atom stereocenters. The average Bonchev–Trinajstić information content (AvgIpc) is 2.98. The quantitative estimate of drug-likeness (QED) is 0.769. The molecule has 0 bridgehead atoms. The summed E-state index contributed by atoms with van der Waals surface area (Å²) in [7, 11) is 0. The Kier molecular flexibility index (Phi) is 7.15. The fraction of sp³-hybridized carbons (Fsp3) is 0.267. The highest BCUT2D eigenvalue weighted by atomic mass is 35.5. The van der Waals surface area contributed by atoms with Crippen molar-refractivity contribution in [2.45, 2.75) is 20.4 Å². The van der Waals surface area contributed by atoms with E-state index in [1.54, 1.807) is 29.6 Å². The van der Waals surface area contributed by atoms with Gasteiger partial charge in [0.25, 0.3) is 5.91 Å². The van der Waals surface area contributed by atoms with Crippen LogP contribution in [0.2, 0.25) is 0 Å². The molecule has 0 saturated heterocycles. The fourth-order valence-electron chi connectivity index (χ4n) is 1.63. The molecule has 1 aromatic carbocycles. The lowest BCUT2D eigenvalue weighted by atomic mass is 10.2. The van der Waals surface area contributed by atoms with Crippen LogP contribution in [0.5, 0.6) is 0 Å². The van der Waals surface area contributed by atoms with E-state index in [0.717, 1.165) is 5.01 Å². The maximum absolute atomic E-state index is 12.0. The average molecular weight is 355 g/mol. The van der Waals surface area contributed by atoms with Gasteiger partial charge in [0.1, 0.15) is 10.7 Å². The molecule has 2 amide bonds. The summed E-state index contributed by atoms with van der Waals surface area (Å²) >= 11 is 1.36. The molecule has 4 N–H and O–H groups in total. The topological polar surface area (TPSA) is 97.1 Å². The lowest BCUT2D eigenvalue weighted by molar-refractivity contribution is -0.118. The smallest absolute Gasteiger partial charge is 0.275 e. The summed E-state index contributed by atoms with van der Waals surface area (Å²) in [6.07, 6.45) is 0. The van der Waals surface area contributed by atoms with Gasteiger partial charge >= 0.3 is 0 Å². The Bertz CT molecular complexity index is 670. The molecule has 0 aliphatic carbocycles. The zero-order chi connectivity index (χ0) is 16.1. The van der Waals surface area contributed by atoms with Crippen molar-refractivity contribution in [2.24, 2.45) is 11.7 Å². The van der Waals surface area contributed by atoms with Gasteiger partial charge in [-0.1, -0.05) is 13.8 Å². The number of thiazole rings is 1. The lowest BCUT2D eigenvalue weighted by Gasteiger charge is -2.09. The first kappa shape index (κ1) is 19.1. The van der Waals surface area contributed by atoms with Gasteiger partial charge in [-0.25, -0.2) is 4.98 Å². The van der Waals surface area contributed by atoms with E-state index < -0.39 is 0 Å². The summed E-state index contributed by atoms with van der Waals surface area (Å²) < 4.78 is 0. The molecule has 0 aliphatic heterocycles. The number of carbonyl (C=O) groups is 2. The minimum Gasteiger partial charge on any atom is -0.326 e. The second kappa shape index (κ2) is 8.61. The van der Waals surface area contributed by atoms with Crippen molar-refractivity contribution in [2.75, 3.05) is 10.6 Å². The summed E-state index contributed by atoms with van der Waals surface area (Å²) in [5.74, 6) is -0.413. The van der Waals surface area contributed by atoms with Gasteiger partial charge in [-0.3, -0.25) is 9.59 Å². The van der Waals surface area contributed by atoms with E-state index in [0.29, 0.717) is 23.6 Å². The van der Waals surface area contributed by atoms with Crippen molar-refractivity contribution in [1.29, 1.82) is 0 Å². The van der Waals surface area contributed by atoms with Crippen LogP contribution in [0, 0.1) is 5.92 Å². The normalized spacial score (nSPS) is 10.1. The Balaban J connectivity index is 0.00000264. The molecule has 1 aromatic heterocycles. The Labute approximate surface area is 144 Å². The Hall–Kier alpha value is -1.96. The maximum atomic E-state index is 12.0. The van der Waals surface area contributed by atoms with Gasteiger partial charge in [-0.05, 0) is 24.3 Å². The SMILES string of the molecule is CC(C)C(=O)Nc1ccc(NC(=O)c2csc(CN)n2)cc1.Cl. The first-order valence-corrected chi connectivity index (χ1v) is 7.74. The number of nitrogens with two attached hydrogens (primary N) is 1.